The van der Waals surface area contributed by atoms with Crippen LogP contribution in [0, 0.1) is 0 Å². The lowest BCUT2D eigenvalue weighted by atomic mass is 10.0. The van der Waals surface area contributed by atoms with Gasteiger partial charge in [0.25, 0.3) is 0 Å². The van der Waals surface area contributed by atoms with Crippen LogP contribution in [0.1, 0.15) is 36.2 Å². The van der Waals surface area contributed by atoms with Crippen LogP contribution in [0.25, 0.3) is 0 Å². The maximum absolute atomic E-state index is 13.1. The smallest absolute Gasteiger partial charge is 0.242 e. The van der Waals surface area contributed by atoms with Gasteiger partial charge in [0.05, 0.1) is 31.6 Å². The molecule has 2 aromatic rings. The molecule has 3 atom stereocenters. The number of hydrogen-bond acceptors (Lipinski definition) is 6. The molecule has 0 saturated carbocycles. The third kappa shape index (κ3) is 4.67. The summed E-state index contributed by atoms with van der Waals surface area (Å²) in [4.78, 5) is 19.1. The van der Waals surface area contributed by atoms with E-state index in [1.807, 2.05) is 30.3 Å². The van der Waals surface area contributed by atoms with Gasteiger partial charge in [-0.1, -0.05) is 30.3 Å². The fourth-order valence-corrected chi connectivity index (χ4v) is 3.45. The molecule has 1 amide bonds. The van der Waals surface area contributed by atoms with Crippen LogP contribution in [0.4, 0.5) is 0 Å². The zero-order valence-corrected chi connectivity index (χ0v) is 16.0. The molecule has 28 heavy (non-hydrogen) atoms. The summed E-state index contributed by atoms with van der Waals surface area (Å²) in [5, 5.41) is 24.0. The summed E-state index contributed by atoms with van der Waals surface area (Å²) in [6.07, 6.45) is 2.27. The summed E-state index contributed by atoms with van der Waals surface area (Å²) < 4.78 is 5.11. The molecule has 1 aromatic carbocycles. The van der Waals surface area contributed by atoms with E-state index >= 15 is 0 Å². The predicted molar refractivity (Wildman–Crippen MR) is 105 cm³/mol. The van der Waals surface area contributed by atoms with Crippen molar-refractivity contribution in [3.8, 4) is 5.75 Å². The van der Waals surface area contributed by atoms with Crippen molar-refractivity contribution >= 4 is 5.91 Å². The van der Waals surface area contributed by atoms with E-state index in [0.29, 0.717) is 24.5 Å². The zero-order chi connectivity index (χ0) is 19.9. The van der Waals surface area contributed by atoms with Gasteiger partial charge in [-0.2, -0.15) is 0 Å². The van der Waals surface area contributed by atoms with Crippen molar-refractivity contribution in [3.05, 3.63) is 59.9 Å². The molecule has 3 N–H and O–H groups in total. The number of nitrogens with zero attached hydrogens (tertiary/aromatic N) is 2. The van der Waals surface area contributed by atoms with E-state index in [0.717, 1.165) is 18.4 Å². The molecule has 0 aliphatic carbocycles. The minimum Gasteiger partial charge on any atom is -0.495 e. The standard InChI is InChI=1S/C21H27N3O4/c1-28-16-9-10-17(22-13-16)20(26)19(21(27)24-11-5-6-12-24)23-18(14-25)15-7-3-2-4-8-15/h2-4,7-10,13,18-20,23,25-26H,5-6,11-12,14H2,1H3/t18-,19?,20-/m1/s1. The molecule has 0 spiro atoms. The van der Waals surface area contributed by atoms with Gasteiger partial charge in [0.2, 0.25) is 5.91 Å². The van der Waals surface area contributed by atoms with Crippen LogP contribution in [0.2, 0.25) is 0 Å². The number of aliphatic hydroxyl groups excluding tert-OH is 2. The van der Waals surface area contributed by atoms with Crippen LogP contribution >= 0.6 is 0 Å². The number of aliphatic hydroxyl groups is 2. The van der Waals surface area contributed by atoms with Gasteiger partial charge in [-0.3, -0.25) is 15.1 Å². The van der Waals surface area contributed by atoms with Crippen LogP contribution in [0.5, 0.6) is 5.75 Å². The van der Waals surface area contributed by atoms with Gasteiger partial charge in [0.15, 0.2) is 0 Å². The molecule has 1 unspecified atom stereocenters. The summed E-state index contributed by atoms with van der Waals surface area (Å²) in [6.45, 7) is 1.15. The topological polar surface area (TPSA) is 94.9 Å². The number of nitrogens with one attached hydrogen (secondary N) is 1. The van der Waals surface area contributed by atoms with E-state index in [-0.39, 0.29) is 12.5 Å². The number of amides is 1. The Morgan fingerprint density at radius 3 is 2.50 bits per heavy atom. The number of hydrogen-bond donors (Lipinski definition) is 3. The summed E-state index contributed by atoms with van der Waals surface area (Å²) in [6, 6.07) is 11.3. The molecular weight excluding hydrogens is 358 g/mol. The molecule has 2 heterocycles. The minimum atomic E-state index is -1.16. The molecule has 1 fully saturated rings. The van der Waals surface area contributed by atoms with E-state index in [2.05, 4.69) is 10.3 Å². The monoisotopic (exact) mass is 385 g/mol. The fourth-order valence-electron chi connectivity index (χ4n) is 3.45. The highest BCUT2D eigenvalue weighted by molar-refractivity contribution is 5.83. The number of ether oxygens (including phenoxy) is 1. The molecule has 150 valence electrons. The Morgan fingerprint density at radius 1 is 1.21 bits per heavy atom. The third-order valence-corrected chi connectivity index (χ3v) is 5.06. The van der Waals surface area contributed by atoms with Crippen molar-refractivity contribution in [3.63, 3.8) is 0 Å². The zero-order valence-electron chi connectivity index (χ0n) is 16.0. The van der Waals surface area contributed by atoms with E-state index in [4.69, 9.17) is 4.74 Å². The Labute approximate surface area is 165 Å². The first-order valence-corrected chi connectivity index (χ1v) is 9.52. The Hall–Kier alpha value is -2.48. The maximum Gasteiger partial charge on any atom is 0.242 e. The highest BCUT2D eigenvalue weighted by Gasteiger charge is 2.35. The summed E-state index contributed by atoms with van der Waals surface area (Å²) in [5.74, 6) is 0.390. The number of likely N-dealkylation sites (tertiary alicyclic amines) is 1. The van der Waals surface area contributed by atoms with Gasteiger partial charge in [0.1, 0.15) is 17.9 Å². The highest BCUT2D eigenvalue weighted by Crippen LogP contribution is 2.23. The normalized spacial score (nSPS) is 17.2. The molecule has 0 bridgehead atoms. The Kier molecular flexibility index (Phi) is 6.97. The fraction of sp³-hybridized carbons (Fsp3) is 0.429. The van der Waals surface area contributed by atoms with Crippen molar-refractivity contribution in [2.24, 2.45) is 0 Å². The van der Waals surface area contributed by atoms with Crippen LogP contribution in [0.15, 0.2) is 48.7 Å². The molecule has 7 nitrogen and oxygen atoms in total. The number of methoxy groups -OCH3 is 1. The average Bonchev–Trinajstić information content (AvgIpc) is 3.29. The second kappa shape index (κ2) is 9.64. The van der Waals surface area contributed by atoms with Crippen molar-refractivity contribution in [2.75, 3.05) is 26.8 Å². The summed E-state index contributed by atoms with van der Waals surface area (Å²) in [7, 11) is 1.54. The number of benzene rings is 1. The first kappa shape index (κ1) is 20.3. The minimum absolute atomic E-state index is 0.183. The van der Waals surface area contributed by atoms with Crippen LogP contribution in [-0.2, 0) is 4.79 Å². The number of carbonyl (C=O) groups excluding carboxylic acids is 1. The first-order valence-electron chi connectivity index (χ1n) is 9.52. The molecule has 3 rings (SSSR count). The molecule has 1 aliphatic rings. The summed E-state index contributed by atoms with van der Waals surface area (Å²) >= 11 is 0. The van der Waals surface area contributed by atoms with Crippen molar-refractivity contribution < 1.29 is 19.7 Å². The third-order valence-electron chi connectivity index (χ3n) is 5.06. The Morgan fingerprint density at radius 2 is 1.93 bits per heavy atom. The lowest BCUT2D eigenvalue weighted by Gasteiger charge is -2.30. The van der Waals surface area contributed by atoms with E-state index < -0.39 is 18.2 Å². The second-order valence-electron chi connectivity index (χ2n) is 6.89. The van der Waals surface area contributed by atoms with Crippen molar-refractivity contribution in [1.82, 2.24) is 15.2 Å². The second-order valence-corrected chi connectivity index (χ2v) is 6.89. The van der Waals surface area contributed by atoms with Crippen molar-refractivity contribution in [2.45, 2.75) is 31.0 Å². The van der Waals surface area contributed by atoms with Gasteiger partial charge in [-0.15, -0.1) is 0 Å². The van der Waals surface area contributed by atoms with Gasteiger partial charge < -0.3 is 19.8 Å². The quantitative estimate of drug-likeness (QED) is 0.637. The molecule has 1 aliphatic heterocycles. The van der Waals surface area contributed by atoms with Gasteiger partial charge in [0, 0.05) is 13.1 Å². The predicted octanol–water partition coefficient (Wildman–Crippen LogP) is 1.44. The summed E-state index contributed by atoms with van der Waals surface area (Å²) in [5.41, 5.74) is 1.22. The molecule has 0 radical (unpaired) electrons. The SMILES string of the molecule is COc1ccc([C@@H](O)C(N[C@H](CO)c2ccccc2)C(=O)N2CCCC2)nc1. The number of carbonyl (C=O) groups is 1. The highest BCUT2D eigenvalue weighted by atomic mass is 16.5. The van der Waals surface area contributed by atoms with Gasteiger partial charge in [-0.25, -0.2) is 0 Å². The number of aromatic nitrogens is 1. The maximum atomic E-state index is 13.1. The van der Waals surface area contributed by atoms with Crippen LogP contribution in [-0.4, -0.2) is 58.9 Å². The Balaban J connectivity index is 1.85. The molecule has 7 heteroatoms. The molecular formula is C21H27N3O4. The van der Waals surface area contributed by atoms with Crippen LogP contribution < -0.4 is 10.1 Å². The largest absolute Gasteiger partial charge is 0.495 e. The van der Waals surface area contributed by atoms with Crippen molar-refractivity contribution in [1.29, 1.82) is 0 Å². The van der Waals surface area contributed by atoms with E-state index in [1.54, 1.807) is 24.1 Å². The van der Waals surface area contributed by atoms with Gasteiger partial charge in [-0.05, 0) is 30.5 Å². The van der Waals surface area contributed by atoms with E-state index in [1.165, 1.54) is 6.20 Å². The lowest BCUT2D eigenvalue weighted by Crippen LogP contribution is -2.50. The molecule has 1 aromatic heterocycles. The van der Waals surface area contributed by atoms with E-state index in [9.17, 15) is 15.0 Å². The first-order chi connectivity index (χ1) is 13.6. The lowest BCUT2D eigenvalue weighted by molar-refractivity contribution is -0.136. The average molecular weight is 385 g/mol. The van der Waals surface area contributed by atoms with Crippen LogP contribution in [0.3, 0.4) is 0 Å². The number of pyridine rings is 1. The number of rotatable bonds is 8. The molecule has 1 saturated heterocycles. The van der Waals surface area contributed by atoms with Gasteiger partial charge >= 0.3 is 0 Å². The Bertz CT molecular complexity index is 748.